The molecule has 0 fully saturated rings. The standard InChI is InChI=1S/C18H19NO2/c1-2-13-19-14-8-15-20-17-11-6-7-12-18(17)21-16-9-4-3-5-10-16/h1,3-7,9-12,19H,8,13-15H2. The molecule has 2 aromatic rings. The fourth-order valence-electron chi connectivity index (χ4n) is 1.81. The summed E-state index contributed by atoms with van der Waals surface area (Å²) in [6.45, 7) is 2.05. The van der Waals surface area contributed by atoms with Crippen molar-refractivity contribution in [1.82, 2.24) is 5.32 Å². The smallest absolute Gasteiger partial charge is 0.169 e. The summed E-state index contributed by atoms with van der Waals surface area (Å²) in [6, 6.07) is 17.3. The first-order chi connectivity index (χ1) is 10.4. The van der Waals surface area contributed by atoms with Crippen molar-refractivity contribution >= 4 is 0 Å². The van der Waals surface area contributed by atoms with Gasteiger partial charge in [-0.15, -0.1) is 6.42 Å². The van der Waals surface area contributed by atoms with E-state index >= 15 is 0 Å². The number of ether oxygens (including phenoxy) is 2. The van der Waals surface area contributed by atoms with Gasteiger partial charge in [0.25, 0.3) is 0 Å². The van der Waals surface area contributed by atoms with Crippen molar-refractivity contribution in [3.63, 3.8) is 0 Å². The summed E-state index contributed by atoms with van der Waals surface area (Å²) in [4.78, 5) is 0. The molecule has 0 heterocycles. The van der Waals surface area contributed by atoms with Gasteiger partial charge in [-0.25, -0.2) is 0 Å². The van der Waals surface area contributed by atoms with Gasteiger partial charge in [0.1, 0.15) is 5.75 Å². The summed E-state index contributed by atoms with van der Waals surface area (Å²) >= 11 is 0. The number of benzene rings is 2. The van der Waals surface area contributed by atoms with Crippen molar-refractivity contribution < 1.29 is 9.47 Å². The number of nitrogens with one attached hydrogen (secondary N) is 1. The normalized spacial score (nSPS) is 9.86. The number of hydrogen-bond donors (Lipinski definition) is 1. The van der Waals surface area contributed by atoms with E-state index in [9.17, 15) is 0 Å². The lowest BCUT2D eigenvalue weighted by Crippen LogP contribution is -2.17. The van der Waals surface area contributed by atoms with E-state index in [4.69, 9.17) is 15.9 Å². The Morgan fingerprint density at radius 1 is 0.952 bits per heavy atom. The molecule has 21 heavy (non-hydrogen) atoms. The lowest BCUT2D eigenvalue weighted by Gasteiger charge is -2.12. The summed E-state index contributed by atoms with van der Waals surface area (Å²) in [5, 5.41) is 3.13. The molecule has 0 bridgehead atoms. The lowest BCUT2D eigenvalue weighted by atomic mass is 10.3. The third-order valence-corrected chi connectivity index (χ3v) is 2.80. The molecule has 0 atom stereocenters. The molecule has 3 nitrogen and oxygen atoms in total. The van der Waals surface area contributed by atoms with E-state index in [1.165, 1.54) is 0 Å². The van der Waals surface area contributed by atoms with Crippen LogP contribution in [0.5, 0.6) is 17.2 Å². The Morgan fingerprint density at radius 3 is 2.43 bits per heavy atom. The van der Waals surface area contributed by atoms with Gasteiger partial charge >= 0.3 is 0 Å². The highest BCUT2D eigenvalue weighted by molar-refractivity contribution is 5.42. The molecule has 0 saturated heterocycles. The monoisotopic (exact) mass is 281 g/mol. The zero-order valence-corrected chi connectivity index (χ0v) is 11.9. The van der Waals surface area contributed by atoms with Gasteiger partial charge in [-0.3, -0.25) is 0 Å². The highest BCUT2D eigenvalue weighted by Crippen LogP contribution is 2.31. The highest BCUT2D eigenvalue weighted by atomic mass is 16.5. The molecule has 3 heteroatoms. The average molecular weight is 281 g/mol. The Morgan fingerprint density at radius 2 is 1.67 bits per heavy atom. The molecule has 0 spiro atoms. The fraction of sp³-hybridized carbons (Fsp3) is 0.222. The molecule has 0 saturated carbocycles. The van der Waals surface area contributed by atoms with Crippen LogP contribution in [0.1, 0.15) is 6.42 Å². The lowest BCUT2D eigenvalue weighted by molar-refractivity contribution is 0.295. The molecule has 0 radical (unpaired) electrons. The Balaban J connectivity index is 1.87. The van der Waals surface area contributed by atoms with Gasteiger partial charge in [-0.1, -0.05) is 36.3 Å². The van der Waals surface area contributed by atoms with Crippen LogP contribution in [-0.4, -0.2) is 19.7 Å². The fourth-order valence-corrected chi connectivity index (χ4v) is 1.81. The van der Waals surface area contributed by atoms with Crippen molar-refractivity contribution in [1.29, 1.82) is 0 Å². The van der Waals surface area contributed by atoms with Gasteiger partial charge in [-0.2, -0.15) is 0 Å². The van der Waals surface area contributed by atoms with Gasteiger partial charge in [0.05, 0.1) is 13.2 Å². The van der Waals surface area contributed by atoms with Crippen LogP contribution in [0.15, 0.2) is 54.6 Å². The number of hydrogen-bond acceptors (Lipinski definition) is 3. The molecule has 0 aromatic heterocycles. The Bertz CT molecular complexity index is 575. The van der Waals surface area contributed by atoms with Crippen molar-refractivity contribution in [2.24, 2.45) is 0 Å². The van der Waals surface area contributed by atoms with E-state index in [0.29, 0.717) is 13.2 Å². The average Bonchev–Trinajstić information content (AvgIpc) is 2.53. The minimum Gasteiger partial charge on any atom is -0.490 e. The van der Waals surface area contributed by atoms with Crippen LogP contribution in [0.3, 0.4) is 0 Å². The first-order valence-corrected chi connectivity index (χ1v) is 6.99. The maximum Gasteiger partial charge on any atom is 0.169 e. The van der Waals surface area contributed by atoms with Crippen LogP contribution in [0.4, 0.5) is 0 Å². The molecule has 0 amide bonds. The Kier molecular flexibility index (Phi) is 6.18. The van der Waals surface area contributed by atoms with Gasteiger partial charge < -0.3 is 14.8 Å². The Hall–Kier alpha value is -2.44. The quantitative estimate of drug-likeness (QED) is 0.593. The van der Waals surface area contributed by atoms with E-state index in [-0.39, 0.29) is 0 Å². The molecule has 2 rings (SSSR count). The third kappa shape index (κ3) is 5.21. The van der Waals surface area contributed by atoms with Crippen molar-refractivity contribution in [2.75, 3.05) is 19.7 Å². The topological polar surface area (TPSA) is 30.5 Å². The SMILES string of the molecule is C#CCNCCCOc1ccccc1Oc1ccccc1. The van der Waals surface area contributed by atoms with Gasteiger partial charge in [0, 0.05) is 0 Å². The maximum atomic E-state index is 5.84. The summed E-state index contributed by atoms with van der Waals surface area (Å²) in [5.74, 6) is 4.81. The molecule has 108 valence electrons. The number of terminal acetylenes is 1. The summed E-state index contributed by atoms with van der Waals surface area (Å²) in [6.07, 6.45) is 6.06. The van der Waals surface area contributed by atoms with E-state index in [1.54, 1.807) is 0 Å². The number of para-hydroxylation sites is 3. The summed E-state index contributed by atoms with van der Waals surface area (Å²) in [5.41, 5.74) is 0. The van der Waals surface area contributed by atoms with Crippen molar-refractivity contribution in [3.05, 3.63) is 54.6 Å². The predicted molar refractivity (Wildman–Crippen MR) is 84.8 cm³/mol. The second-order valence-electron chi connectivity index (χ2n) is 4.44. The Labute approximate surface area is 125 Å². The van der Waals surface area contributed by atoms with Gasteiger partial charge in [0.15, 0.2) is 11.5 Å². The van der Waals surface area contributed by atoms with E-state index in [1.807, 2.05) is 54.6 Å². The first kappa shape index (κ1) is 15.0. The van der Waals surface area contributed by atoms with Gasteiger partial charge in [-0.05, 0) is 37.2 Å². The van der Waals surface area contributed by atoms with Crippen LogP contribution in [0.2, 0.25) is 0 Å². The molecule has 2 aromatic carbocycles. The molecule has 0 aliphatic rings. The molecule has 0 aliphatic heterocycles. The van der Waals surface area contributed by atoms with Crippen molar-refractivity contribution in [3.8, 4) is 29.6 Å². The second-order valence-corrected chi connectivity index (χ2v) is 4.44. The third-order valence-electron chi connectivity index (χ3n) is 2.80. The second kappa shape index (κ2) is 8.68. The molecule has 0 aliphatic carbocycles. The van der Waals surface area contributed by atoms with Crippen LogP contribution in [-0.2, 0) is 0 Å². The van der Waals surface area contributed by atoms with E-state index in [2.05, 4.69) is 11.2 Å². The van der Waals surface area contributed by atoms with Crippen LogP contribution >= 0.6 is 0 Å². The molecule has 1 N–H and O–H groups in total. The summed E-state index contributed by atoms with van der Waals surface area (Å²) < 4.78 is 11.6. The zero-order valence-electron chi connectivity index (χ0n) is 11.9. The van der Waals surface area contributed by atoms with E-state index < -0.39 is 0 Å². The molecular formula is C18H19NO2. The van der Waals surface area contributed by atoms with Crippen molar-refractivity contribution in [2.45, 2.75) is 6.42 Å². The van der Waals surface area contributed by atoms with Crippen LogP contribution < -0.4 is 14.8 Å². The minimum atomic E-state index is 0.591. The minimum absolute atomic E-state index is 0.591. The predicted octanol–water partition coefficient (Wildman–Crippen LogP) is 3.47. The summed E-state index contributed by atoms with van der Waals surface area (Å²) in [7, 11) is 0. The van der Waals surface area contributed by atoms with Crippen LogP contribution in [0.25, 0.3) is 0 Å². The zero-order chi connectivity index (χ0) is 14.8. The number of rotatable bonds is 8. The molecule has 0 unspecified atom stereocenters. The molecular weight excluding hydrogens is 262 g/mol. The maximum absolute atomic E-state index is 5.84. The van der Waals surface area contributed by atoms with Gasteiger partial charge in [0.2, 0.25) is 0 Å². The highest BCUT2D eigenvalue weighted by Gasteiger charge is 2.05. The van der Waals surface area contributed by atoms with E-state index in [0.717, 1.165) is 30.2 Å². The first-order valence-electron chi connectivity index (χ1n) is 6.99. The van der Waals surface area contributed by atoms with Crippen LogP contribution in [0, 0.1) is 12.3 Å². The largest absolute Gasteiger partial charge is 0.490 e.